The van der Waals surface area contributed by atoms with Crippen LogP contribution in [0.2, 0.25) is 0 Å². The van der Waals surface area contributed by atoms with Gasteiger partial charge in [0, 0.05) is 18.5 Å². The van der Waals surface area contributed by atoms with Crippen molar-refractivity contribution in [3.63, 3.8) is 0 Å². The summed E-state index contributed by atoms with van der Waals surface area (Å²) in [7, 11) is 0. The Morgan fingerprint density at radius 3 is 2.57 bits per heavy atom. The van der Waals surface area contributed by atoms with Crippen LogP contribution in [0, 0.1) is 0 Å². The van der Waals surface area contributed by atoms with Crippen LogP contribution in [0.5, 0.6) is 0 Å². The quantitative estimate of drug-likeness (QED) is 0.675. The van der Waals surface area contributed by atoms with E-state index in [1.54, 1.807) is 6.07 Å². The number of hydrogen-bond donors (Lipinski definition) is 2. The average molecular weight is 196 g/mol. The molecule has 1 rings (SSSR count). The van der Waals surface area contributed by atoms with E-state index in [0.29, 0.717) is 0 Å². The van der Waals surface area contributed by atoms with Crippen LogP contribution in [0.25, 0.3) is 5.70 Å². The molecule has 0 amide bonds. The molecule has 6 heteroatoms. The van der Waals surface area contributed by atoms with Crippen LogP contribution in [-0.4, -0.2) is 31.9 Å². The second kappa shape index (κ2) is 4.22. The number of carboxylic acid groups (broad SMARTS) is 2. The van der Waals surface area contributed by atoms with Crippen molar-refractivity contribution >= 4 is 17.6 Å². The van der Waals surface area contributed by atoms with Gasteiger partial charge in [0.2, 0.25) is 0 Å². The van der Waals surface area contributed by atoms with Crippen LogP contribution in [0.1, 0.15) is 6.42 Å². The molecule has 0 spiro atoms. The largest absolute Gasteiger partial charge is 0.481 e. The van der Waals surface area contributed by atoms with Crippen LogP contribution in [0.3, 0.4) is 0 Å². The molecular weight excluding hydrogens is 188 g/mol. The van der Waals surface area contributed by atoms with E-state index in [9.17, 15) is 9.59 Å². The van der Waals surface area contributed by atoms with Gasteiger partial charge in [0.25, 0.3) is 0 Å². The predicted octanol–water partition coefficient (Wildman–Crippen LogP) is 0.283. The molecule has 0 atom stereocenters. The first kappa shape index (κ1) is 9.97. The van der Waals surface area contributed by atoms with Gasteiger partial charge < -0.3 is 10.2 Å². The zero-order valence-electron chi connectivity index (χ0n) is 7.12. The number of aliphatic carboxylic acids is 2. The predicted molar refractivity (Wildman–Crippen MR) is 46.4 cm³/mol. The minimum atomic E-state index is -1.20. The Labute approximate surface area is 79.1 Å². The number of nitrogens with zero attached hydrogens (tertiary/aromatic N) is 2. The molecular formula is C8H8N2O4. The van der Waals surface area contributed by atoms with E-state index in [1.807, 2.05) is 0 Å². The van der Waals surface area contributed by atoms with Crippen LogP contribution in [0.15, 0.2) is 24.5 Å². The standard InChI is InChI=1S/C8H8N2O4/c11-7(12)4-6(5-8(13)14)10-3-1-2-9-10/h1-4H,5H2,(H,11,12)(H,13,14). The molecule has 1 aromatic heterocycles. The first-order chi connectivity index (χ1) is 6.59. The summed E-state index contributed by atoms with van der Waals surface area (Å²) < 4.78 is 1.21. The lowest BCUT2D eigenvalue weighted by Gasteiger charge is -2.02. The van der Waals surface area contributed by atoms with Crippen LogP contribution >= 0.6 is 0 Å². The fraction of sp³-hybridized carbons (Fsp3) is 0.125. The summed E-state index contributed by atoms with van der Waals surface area (Å²) in [6, 6.07) is 1.58. The molecule has 0 aliphatic rings. The first-order valence-corrected chi connectivity index (χ1v) is 3.75. The Balaban J connectivity index is 2.94. The molecule has 1 heterocycles. The summed E-state index contributed by atoms with van der Waals surface area (Å²) in [5.74, 6) is -2.30. The van der Waals surface area contributed by atoms with Crippen molar-refractivity contribution in [1.82, 2.24) is 9.78 Å². The lowest BCUT2D eigenvalue weighted by atomic mass is 10.3. The first-order valence-electron chi connectivity index (χ1n) is 3.75. The molecule has 0 saturated heterocycles. The molecule has 0 bridgehead atoms. The number of hydrogen-bond acceptors (Lipinski definition) is 3. The number of carboxylic acids is 2. The number of aromatic nitrogens is 2. The molecule has 74 valence electrons. The van der Waals surface area contributed by atoms with Gasteiger partial charge in [-0.05, 0) is 6.07 Å². The maximum absolute atomic E-state index is 10.4. The van der Waals surface area contributed by atoms with E-state index in [-0.39, 0.29) is 12.1 Å². The van der Waals surface area contributed by atoms with Gasteiger partial charge in [-0.25, -0.2) is 9.48 Å². The molecule has 0 aliphatic carbocycles. The highest BCUT2D eigenvalue weighted by Gasteiger charge is 2.08. The van der Waals surface area contributed by atoms with E-state index in [0.717, 1.165) is 6.08 Å². The molecule has 0 radical (unpaired) electrons. The monoisotopic (exact) mass is 196 g/mol. The van der Waals surface area contributed by atoms with Crippen molar-refractivity contribution in [1.29, 1.82) is 0 Å². The average Bonchev–Trinajstić information content (AvgIpc) is 2.52. The topological polar surface area (TPSA) is 92.4 Å². The SMILES string of the molecule is O=C(O)C=C(CC(=O)O)n1cccn1. The van der Waals surface area contributed by atoms with E-state index in [1.165, 1.54) is 17.1 Å². The molecule has 0 fully saturated rings. The highest BCUT2D eigenvalue weighted by molar-refractivity contribution is 5.90. The lowest BCUT2D eigenvalue weighted by molar-refractivity contribution is -0.135. The maximum atomic E-state index is 10.4. The van der Waals surface area contributed by atoms with E-state index < -0.39 is 11.9 Å². The molecule has 2 N–H and O–H groups in total. The normalized spacial score (nSPS) is 11.3. The third-order valence-electron chi connectivity index (χ3n) is 1.42. The lowest BCUT2D eigenvalue weighted by Crippen LogP contribution is -2.06. The van der Waals surface area contributed by atoms with E-state index in [2.05, 4.69) is 5.10 Å². The minimum Gasteiger partial charge on any atom is -0.481 e. The zero-order chi connectivity index (χ0) is 10.6. The van der Waals surface area contributed by atoms with Crippen molar-refractivity contribution in [2.24, 2.45) is 0 Å². The molecule has 0 aliphatic heterocycles. The van der Waals surface area contributed by atoms with Crippen molar-refractivity contribution in [3.8, 4) is 0 Å². The van der Waals surface area contributed by atoms with Gasteiger partial charge in [0.05, 0.1) is 12.1 Å². The zero-order valence-corrected chi connectivity index (χ0v) is 7.12. The van der Waals surface area contributed by atoms with Gasteiger partial charge in [0.1, 0.15) is 0 Å². The van der Waals surface area contributed by atoms with Gasteiger partial charge in [0.15, 0.2) is 0 Å². The summed E-state index contributed by atoms with van der Waals surface area (Å²) in [6.45, 7) is 0. The summed E-state index contributed by atoms with van der Waals surface area (Å²) in [4.78, 5) is 20.8. The van der Waals surface area contributed by atoms with Crippen molar-refractivity contribution in [2.45, 2.75) is 6.42 Å². The molecule has 6 nitrogen and oxygen atoms in total. The van der Waals surface area contributed by atoms with Gasteiger partial charge >= 0.3 is 11.9 Å². The number of rotatable bonds is 4. The minimum absolute atomic E-state index is 0.106. The highest BCUT2D eigenvalue weighted by atomic mass is 16.4. The van der Waals surface area contributed by atoms with Gasteiger partial charge in [-0.3, -0.25) is 4.79 Å². The molecule has 14 heavy (non-hydrogen) atoms. The van der Waals surface area contributed by atoms with Crippen LogP contribution in [-0.2, 0) is 9.59 Å². The summed E-state index contributed by atoms with van der Waals surface area (Å²) in [5.41, 5.74) is 0.106. The molecule has 0 unspecified atom stereocenters. The van der Waals surface area contributed by atoms with Gasteiger partial charge in [-0.2, -0.15) is 5.10 Å². The number of carbonyl (C=O) groups is 2. The fourth-order valence-corrected chi connectivity index (χ4v) is 0.934. The molecule has 0 saturated carbocycles. The van der Waals surface area contributed by atoms with E-state index >= 15 is 0 Å². The van der Waals surface area contributed by atoms with E-state index in [4.69, 9.17) is 10.2 Å². The van der Waals surface area contributed by atoms with Crippen molar-refractivity contribution in [2.75, 3.05) is 0 Å². The Morgan fingerprint density at radius 2 is 2.14 bits per heavy atom. The maximum Gasteiger partial charge on any atom is 0.330 e. The highest BCUT2D eigenvalue weighted by Crippen LogP contribution is 2.07. The second-order valence-electron chi connectivity index (χ2n) is 2.50. The summed E-state index contributed by atoms with van der Waals surface area (Å²) in [5, 5.41) is 20.8. The summed E-state index contributed by atoms with van der Waals surface area (Å²) >= 11 is 0. The van der Waals surface area contributed by atoms with Crippen LogP contribution in [0.4, 0.5) is 0 Å². The Hall–Kier alpha value is -2.11. The smallest absolute Gasteiger partial charge is 0.330 e. The fourth-order valence-electron chi connectivity index (χ4n) is 0.934. The van der Waals surface area contributed by atoms with Crippen molar-refractivity contribution < 1.29 is 19.8 Å². The third-order valence-corrected chi connectivity index (χ3v) is 1.42. The van der Waals surface area contributed by atoms with Crippen molar-refractivity contribution in [3.05, 3.63) is 24.5 Å². The molecule has 1 aromatic rings. The summed E-state index contributed by atoms with van der Waals surface area (Å²) in [6.07, 6.45) is 3.37. The van der Waals surface area contributed by atoms with Gasteiger partial charge in [-0.1, -0.05) is 0 Å². The Bertz CT molecular complexity index is 367. The van der Waals surface area contributed by atoms with Crippen LogP contribution < -0.4 is 0 Å². The molecule has 0 aromatic carbocycles. The second-order valence-corrected chi connectivity index (χ2v) is 2.50. The Kier molecular flexibility index (Phi) is 3.01. The third kappa shape index (κ3) is 2.74. The Morgan fingerprint density at radius 1 is 1.43 bits per heavy atom. The van der Waals surface area contributed by atoms with Gasteiger partial charge in [-0.15, -0.1) is 0 Å².